The number of anilines is 1. The Bertz CT molecular complexity index is 1350. The van der Waals surface area contributed by atoms with Crippen LogP contribution in [-0.2, 0) is 32.5 Å². The van der Waals surface area contributed by atoms with Crippen molar-refractivity contribution < 1.29 is 22.7 Å². The first kappa shape index (κ1) is 23.8. The Morgan fingerprint density at radius 3 is 2.53 bits per heavy atom. The molecule has 1 aliphatic rings. The van der Waals surface area contributed by atoms with Gasteiger partial charge in [0.15, 0.2) is 6.61 Å². The summed E-state index contributed by atoms with van der Waals surface area (Å²) in [5, 5.41) is 8.34. The summed E-state index contributed by atoms with van der Waals surface area (Å²) in [4.78, 5) is 32.5. The van der Waals surface area contributed by atoms with Gasteiger partial charge in [0, 0.05) is 47.9 Å². The van der Waals surface area contributed by atoms with Crippen LogP contribution < -0.4 is 10.5 Å². The number of fused-ring (bicyclic) bond motifs is 2. The van der Waals surface area contributed by atoms with E-state index >= 15 is 0 Å². The molecule has 1 amide bonds. The van der Waals surface area contributed by atoms with Crippen molar-refractivity contribution in [1.29, 1.82) is 0 Å². The number of aromatic nitrogens is 1. The van der Waals surface area contributed by atoms with E-state index in [0.29, 0.717) is 34.7 Å². The number of primary sulfonamides is 1. The summed E-state index contributed by atoms with van der Waals surface area (Å²) in [5.41, 5.74) is 3.22. The largest absolute Gasteiger partial charge is 0.452 e. The van der Waals surface area contributed by atoms with Crippen LogP contribution in [-0.4, -0.2) is 49.4 Å². The zero-order valence-electron chi connectivity index (χ0n) is 18.9. The molecule has 0 bridgehead atoms. The molecule has 0 spiro atoms. The monoisotopic (exact) mass is 482 g/mol. The van der Waals surface area contributed by atoms with Crippen molar-refractivity contribution in [3.8, 4) is 0 Å². The predicted molar refractivity (Wildman–Crippen MR) is 128 cm³/mol. The van der Waals surface area contributed by atoms with Crippen molar-refractivity contribution >= 4 is 38.5 Å². The van der Waals surface area contributed by atoms with Crippen molar-refractivity contribution in [1.82, 2.24) is 9.88 Å². The van der Waals surface area contributed by atoms with Gasteiger partial charge in [-0.3, -0.25) is 14.7 Å². The third kappa shape index (κ3) is 5.09. The number of nitrogens with one attached hydrogen (secondary N) is 1. The lowest BCUT2D eigenvalue weighted by Gasteiger charge is -2.32. The average molecular weight is 483 g/mol. The lowest BCUT2D eigenvalue weighted by molar-refractivity contribution is -0.119. The summed E-state index contributed by atoms with van der Waals surface area (Å²) in [7, 11) is -3.83. The van der Waals surface area contributed by atoms with E-state index in [1.54, 1.807) is 0 Å². The van der Waals surface area contributed by atoms with Gasteiger partial charge in [-0.1, -0.05) is 18.2 Å². The number of benzene rings is 2. The van der Waals surface area contributed by atoms with Gasteiger partial charge < -0.3 is 10.1 Å². The normalized spacial score (nSPS) is 14.1. The summed E-state index contributed by atoms with van der Waals surface area (Å²) in [5.74, 6) is -1.13. The quantitative estimate of drug-likeness (QED) is 0.516. The summed E-state index contributed by atoms with van der Waals surface area (Å²) in [6.07, 6.45) is 0.730. The van der Waals surface area contributed by atoms with Gasteiger partial charge in [-0.25, -0.2) is 18.4 Å². The molecule has 0 atom stereocenters. The summed E-state index contributed by atoms with van der Waals surface area (Å²) >= 11 is 0. The molecule has 3 aromatic rings. The minimum atomic E-state index is -3.83. The first-order chi connectivity index (χ1) is 16.1. The van der Waals surface area contributed by atoms with Gasteiger partial charge in [-0.2, -0.15) is 0 Å². The molecule has 178 valence electrons. The Morgan fingerprint density at radius 1 is 1.15 bits per heavy atom. The number of nitrogens with two attached hydrogens (primary N) is 1. The van der Waals surface area contributed by atoms with Gasteiger partial charge in [0.05, 0.1) is 16.0 Å². The fourth-order valence-electron chi connectivity index (χ4n) is 4.01. The number of hydrogen-bond donors (Lipinski definition) is 2. The topological polar surface area (TPSA) is 132 Å². The maximum Gasteiger partial charge on any atom is 0.339 e. The number of nitrogens with zero attached hydrogens (tertiary/aromatic N) is 2. The first-order valence-electron chi connectivity index (χ1n) is 10.9. The third-order valence-corrected chi connectivity index (χ3v) is 6.74. The first-order valence-corrected chi connectivity index (χ1v) is 12.4. The summed E-state index contributed by atoms with van der Waals surface area (Å²) in [6.45, 7) is 5.17. The van der Waals surface area contributed by atoms with E-state index in [1.807, 2.05) is 24.3 Å². The lowest BCUT2D eigenvalue weighted by atomic mass is 9.95. The molecule has 0 aliphatic carbocycles. The molecule has 9 nitrogen and oxygen atoms in total. The van der Waals surface area contributed by atoms with Gasteiger partial charge in [0.25, 0.3) is 5.91 Å². The van der Waals surface area contributed by atoms with Gasteiger partial charge in [0.2, 0.25) is 10.0 Å². The minimum Gasteiger partial charge on any atom is -0.452 e. The number of esters is 1. The highest BCUT2D eigenvalue weighted by molar-refractivity contribution is 7.89. The predicted octanol–water partition coefficient (Wildman–Crippen LogP) is 2.44. The minimum absolute atomic E-state index is 0.0679. The van der Waals surface area contributed by atoms with E-state index in [9.17, 15) is 18.0 Å². The van der Waals surface area contributed by atoms with E-state index in [2.05, 4.69) is 24.1 Å². The number of amides is 1. The maximum atomic E-state index is 13.2. The number of sulfonamides is 1. The fourth-order valence-corrected chi connectivity index (χ4v) is 4.53. The second kappa shape index (κ2) is 9.49. The molecular formula is C24H26N4O5S. The average Bonchev–Trinajstić information content (AvgIpc) is 2.80. The van der Waals surface area contributed by atoms with Crippen LogP contribution >= 0.6 is 0 Å². The SMILES string of the molecule is CC(C)N1CCc2nc3ccccc3c(C(=O)OCC(=O)Nc3ccc(S(N)(=O)=O)cc3)c2C1. The highest BCUT2D eigenvalue weighted by atomic mass is 32.2. The molecule has 2 aromatic carbocycles. The Hall–Kier alpha value is -3.34. The number of carbonyl (C=O) groups excluding carboxylic acids is 2. The van der Waals surface area contributed by atoms with Crippen LogP contribution in [0, 0.1) is 0 Å². The Morgan fingerprint density at radius 2 is 1.85 bits per heavy atom. The molecule has 0 saturated carbocycles. The number of rotatable bonds is 6. The molecule has 2 heterocycles. The second-order valence-corrected chi connectivity index (χ2v) is 10.00. The Balaban J connectivity index is 1.53. The molecular weight excluding hydrogens is 456 g/mol. The van der Waals surface area contributed by atoms with Crippen molar-refractivity contribution in [2.45, 2.75) is 37.8 Å². The van der Waals surface area contributed by atoms with Crippen molar-refractivity contribution in [3.63, 3.8) is 0 Å². The van der Waals surface area contributed by atoms with E-state index in [1.165, 1.54) is 24.3 Å². The van der Waals surface area contributed by atoms with E-state index in [4.69, 9.17) is 14.9 Å². The second-order valence-electron chi connectivity index (χ2n) is 8.44. The van der Waals surface area contributed by atoms with Crippen LogP contribution in [0.5, 0.6) is 0 Å². The third-order valence-electron chi connectivity index (χ3n) is 5.81. The number of hydrogen-bond acceptors (Lipinski definition) is 7. The number of para-hydroxylation sites is 1. The summed E-state index contributed by atoms with van der Waals surface area (Å²) in [6, 6.07) is 13.1. The zero-order chi connectivity index (χ0) is 24.5. The van der Waals surface area contributed by atoms with Crippen LogP contribution in [0.3, 0.4) is 0 Å². The Labute approximate surface area is 198 Å². The highest BCUT2D eigenvalue weighted by Crippen LogP contribution is 2.29. The van der Waals surface area contributed by atoms with Crippen molar-refractivity contribution in [2.24, 2.45) is 5.14 Å². The zero-order valence-corrected chi connectivity index (χ0v) is 19.8. The number of carbonyl (C=O) groups is 2. The molecule has 10 heteroatoms. The van der Waals surface area contributed by atoms with Gasteiger partial charge in [-0.05, 0) is 44.2 Å². The molecule has 0 saturated heterocycles. The molecule has 0 unspecified atom stereocenters. The molecule has 1 aliphatic heterocycles. The van der Waals surface area contributed by atoms with Gasteiger partial charge in [-0.15, -0.1) is 0 Å². The molecule has 3 N–H and O–H groups in total. The fraction of sp³-hybridized carbons (Fsp3) is 0.292. The van der Waals surface area contributed by atoms with Crippen LogP contribution in [0.15, 0.2) is 53.4 Å². The molecule has 0 radical (unpaired) electrons. The molecule has 34 heavy (non-hydrogen) atoms. The maximum absolute atomic E-state index is 13.2. The molecule has 4 rings (SSSR count). The van der Waals surface area contributed by atoms with Crippen LogP contribution in [0.2, 0.25) is 0 Å². The summed E-state index contributed by atoms with van der Waals surface area (Å²) < 4.78 is 28.1. The Kier molecular flexibility index (Phi) is 6.65. The lowest BCUT2D eigenvalue weighted by Crippen LogP contribution is -2.37. The van der Waals surface area contributed by atoms with E-state index in [-0.39, 0.29) is 4.90 Å². The highest BCUT2D eigenvalue weighted by Gasteiger charge is 2.27. The molecule has 0 fully saturated rings. The van der Waals surface area contributed by atoms with Crippen molar-refractivity contribution in [3.05, 3.63) is 65.4 Å². The van der Waals surface area contributed by atoms with Crippen LogP contribution in [0.1, 0.15) is 35.5 Å². The van der Waals surface area contributed by atoms with Gasteiger partial charge >= 0.3 is 5.97 Å². The van der Waals surface area contributed by atoms with E-state index < -0.39 is 28.5 Å². The number of pyridine rings is 1. The van der Waals surface area contributed by atoms with Crippen LogP contribution in [0.25, 0.3) is 10.9 Å². The van der Waals surface area contributed by atoms with Crippen LogP contribution in [0.4, 0.5) is 5.69 Å². The molecule has 1 aromatic heterocycles. The van der Waals surface area contributed by atoms with Crippen molar-refractivity contribution in [2.75, 3.05) is 18.5 Å². The smallest absolute Gasteiger partial charge is 0.339 e. The van der Waals surface area contributed by atoms with Gasteiger partial charge in [0.1, 0.15) is 0 Å². The standard InChI is InChI=1S/C24H26N4O5S/c1-15(2)28-12-11-21-19(13-28)23(18-5-3-4-6-20(18)27-21)24(30)33-14-22(29)26-16-7-9-17(10-8-16)34(25,31)32/h3-10,15H,11-14H2,1-2H3,(H,26,29)(H2,25,31,32). The van der Waals surface area contributed by atoms with E-state index in [0.717, 1.165) is 24.2 Å². The number of ether oxygens (including phenoxy) is 1.